The SMILES string of the molecule is Cc1cc(Cl)ccc1-n1nnc(C(=O)O)c1C. The summed E-state index contributed by atoms with van der Waals surface area (Å²) in [6.45, 7) is 3.54. The number of hydrogen-bond acceptors (Lipinski definition) is 3. The van der Waals surface area contributed by atoms with Gasteiger partial charge in [-0.3, -0.25) is 0 Å². The van der Waals surface area contributed by atoms with E-state index in [1.807, 2.05) is 6.92 Å². The van der Waals surface area contributed by atoms with Crippen LogP contribution in [0.1, 0.15) is 21.7 Å². The Morgan fingerprint density at radius 1 is 1.41 bits per heavy atom. The third-order valence-electron chi connectivity index (χ3n) is 2.48. The van der Waals surface area contributed by atoms with Gasteiger partial charge in [0.25, 0.3) is 0 Å². The Balaban J connectivity index is 2.57. The number of aromatic carboxylic acids is 1. The van der Waals surface area contributed by atoms with Crippen molar-refractivity contribution < 1.29 is 9.90 Å². The third-order valence-corrected chi connectivity index (χ3v) is 2.72. The predicted molar refractivity (Wildman–Crippen MR) is 62.8 cm³/mol. The normalized spacial score (nSPS) is 10.5. The monoisotopic (exact) mass is 251 g/mol. The van der Waals surface area contributed by atoms with Crippen molar-refractivity contribution in [1.82, 2.24) is 15.0 Å². The Kier molecular flexibility index (Phi) is 2.85. The average molecular weight is 252 g/mol. The molecular weight excluding hydrogens is 242 g/mol. The average Bonchev–Trinajstić information content (AvgIpc) is 2.60. The maximum absolute atomic E-state index is 10.9. The number of benzene rings is 1. The zero-order valence-electron chi connectivity index (χ0n) is 9.31. The van der Waals surface area contributed by atoms with Gasteiger partial charge in [0.1, 0.15) is 0 Å². The highest BCUT2D eigenvalue weighted by Gasteiger charge is 2.16. The fourth-order valence-electron chi connectivity index (χ4n) is 1.61. The third kappa shape index (κ3) is 2.01. The summed E-state index contributed by atoms with van der Waals surface area (Å²) < 4.78 is 1.50. The minimum absolute atomic E-state index is 0.0423. The van der Waals surface area contributed by atoms with Crippen LogP contribution in [-0.2, 0) is 0 Å². The number of hydrogen-bond donors (Lipinski definition) is 1. The van der Waals surface area contributed by atoms with E-state index >= 15 is 0 Å². The fraction of sp³-hybridized carbons (Fsp3) is 0.182. The molecule has 0 aliphatic carbocycles. The topological polar surface area (TPSA) is 68.0 Å². The second-order valence-corrected chi connectivity index (χ2v) is 4.11. The molecule has 0 spiro atoms. The van der Waals surface area contributed by atoms with Gasteiger partial charge in [-0.1, -0.05) is 16.8 Å². The molecule has 0 radical (unpaired) electrons. The molecule has 17 heavy (non-hydrogen) atoms. The van der Waals surface area contributed by atoms with Crippen LogP contribution < -0.4 is 0 Å². The largest absolute Gasteiger partial charge is 0.476 e. The van der Waals surface area contributed by atoms with Gasteiger partial charge in [-0.05, 0) is 37.6 Å². The van der Waals surface area contributed by atoms with E-state index in [1.165, 1.54) is 4.68 Å². The molecule has 1 aromatic carbocycles. The van der Waals surface area contributed by atoms with Gasteiger partial charge < -0.3 is 5.11 Å². The maximum atomic E-state index is 10.9. The maximum Gasteiger partial charge on any atom is 0.358 e. The van der Waals surface area contributed by atoms with Crippen LogP contribution in [0.15, 0.2) is 18.2 Å². The summed E-state index contributed by atoms with van der Waals surface area (Å²) in [7, 11) is 0. The second-order valence-electron chi connectivity index (χ2n) is 3.67. The summed E-state index contributed by atoms with van der Waals surface area (Å²) in [6.07, 6.45) is 0. The predicted octanol–water partition coefficient (Wildman–Crippen LogP) is 2.24. The van der Waals surface area contributed by atoms with E-state index in [0.29, 0.717) is 10.7 Å². The van der Waals surface area contributed by atoms with Crippen LogP contribution in [0.25, 0.3) is 5.69 Å². The zero-order chi connectivity index (χ0) is 12.6. The number of carboxylic acid groups (broad SMARTS) is 1. The fourth-order valence-corrected chi connectivity index (χ4v) is 1.84. The molecule has 2 rings (SSSR count). The van der Waals surface area contributed by atoms with Gasteiger partial charge in [-0.25, -0.2) is 9.48 Å². The molecule has 0 bridgehead atoms. The van der Waals surface area contributed by atoms with Crippen molar-refractivity contribution in [2.24, 2.45) is 0 Å². The molecule has 0 aliphatic rings. The minimum atomic E-state index is -1.08. The van der Waals surface area contributed by atoms with E-state index in [9.17, 15) is 4.79 Å². The van der Waals surface area contributed by atoms with Crippen LogP contribution in [0.5, 0.6) is 0 Å². The lowest BCUT2D eigenvalue weighted by Gasteiger charge is -2.07. The summed E-state index contributed by atoms with van der Waals surface area (Å²) in [5, 5.41) is 17.0. The van der Waals surface area contributed by atoms with Crippen LogP contribution in [0.4, 0.5) is 0 Å². The molecule has 6 heteroatoms. The van der Waals surface area contributed by atoms with Crippen LogP contribution in [0, 0.1) is 13.8 Å². The first-order chi connectivity index (χ1) is 8.00. The summed E-state index contributed by atoms with van der Waals surface area (Å²) in [5.41, 5.74) is 2.12. The van der Waals surface area contributed by atoms with Crippen molar-refractivity contribution >= 4 is 17.6 Å². The molecule has 0 atom stereocenters. The Morgan fingerprint density at radius 2 is 2.12 bits per heavy atom. The van der Waals surface area contributed by atoms with Crippen molar-refractivity contribution in [1.29, 1.82) is 0 Å². The van der Waals surface area contributed by atoms with Gasteiger partial charge in [-0.2, -0.15) is 0 Å². The van der Waals surface area contributed by atoms with E-state index in [2.05, 4.69) is 10.3 Å². The van der Waals surface area contributed by atoms with Crippen LogP contribution in [0.3, 0.4) is 0 Å². The van der Waals surface area contributed by atoms with E-state index < -0.39 is 5.97 Å². The van der Waals surface area contributed by atoms with Crippen molar-refractivity contribution in [3.05, 3.63) is 40.2 Å². The van der Waals surface area contributed by atoms with Gasteiger partial charge in [0.15, 0.2) is 5.69 Å². The molecule has 5 nitrogen and oxygen atoms in total. The highest BCUT2D eigenvalue weighted by atomic mass is 35.5. The van der Waals surface area contributed by atoms with Gasteiger partial charge in [0.05, 0.1) is 11.4 Å². The summed E-state index contributed by atoms with van der Waals surface area (Å²) >= 11 is 5.86. The highest BCUT2D eigenvalue weighted by Crippen LogP contribution is 2.20. The molecule has 1 N–H and O–H groups in total. The molecule has 88 valence electrons. The summed E-state index contributed by atoms with van der Waals surface area (Å²) in [5.74, 6) is -1.08. The van der Waals surface area contributed by atoms with E-state index in [0.717, 1.165) is 11.3 Å². The van der Waals surface area contributed by atoms with Crippen molar-refractivity contribution in [2.45, 2.75) is 13.8 Å². The number of halogens is 1. The Morgan fingerprint density at radius 3 is 2.65 bits per heavy atom. The molecule has 0 saturated heterocycles. The van der Waals surface area contributed by atoms with Gasteiger partial charge >= 0.3 is 5.97 Å². The molecule has 0 aliphatic heterocycles. The summed E-state index contributed by atoms with van der Waals surface area (Å²) in [6, 6.07) is 5.30. The minimum Gasteiger partial charge on any atom is -0.476 e. The lowest BCUT2D eigenvalue weighted by atomic mass is 10.2. The lowest BCUT2D eigenvalue weighted by molar-refractivity contribution is 0.0689. The molecule has 0 unspecified atom stereocenters. The smallest absolute Gasteiger partial charge is 0.358 e. The van der Waals surface area contributed by atoms with E-state index in [1.54, 1.807) is 25.1 Å². The van der Waals surface area contributed by atoms with E-state index in [4.69, 9.17) is 16.7 Å². The zero-order valence-corrected chi connectivity index (χ0v) is 10.1. The molecule has 1 heterocycles. The van der Waals surface area contributed by atoms with E-state index in [-0.39, 0.29) is 5.69 Å². The molecule has 0 saturated carbocycles. The number of carbonyl (C=O) groups is 1. The molecular formula is C11H10ClN3O2. The summed E-state index contributed by atoms with van der Waals surface area (Å²) in [4.78, 5) is 10.9. The molecule has 0 amide bonds. The highest BCUT2D eigenvalue weighted by molar-refractivity contribution is 6.30. The Labute approximate surface area is 103 Å². The Bertz CT molecular complexity index is 592. The second kappa shape index (κ2) is 4.18. The molecule has 1 aromatic heterocycles. The molecule has 2 aromatic rings. The quantitative estimate of drug-likeness (QED) is 0.889. The number of aryl methyl sites for hydroxylation is 1. The first kappa shape index (κ1) is 11.6. The van der Waals surface area contributed by atoms with Crippen molar-refractivity contribution in [2.75, 3.05) is 0 Å². The van der Waals surface area contributed by atoms with Crippen LogP contribution in [-0.4, -0.2) is 26.1 Å². The number of rotatable bonds is 2. The van der Waals surface area contributed by atoms with Gasteiger partial charge in [0, 0.05) is 5.02 Å². The van der Waals surface area contributed by atoms with Crippen molar-refractivity contribution in [3.63, 3.8) is 0 Å². The first-order valence-corrected chi connectivity index (χ1v) is 5.30. The van der Waals surface area contributed by atoms with Crippen molar-refractivity contribution in [3.8, 4) is 5.69 Å². The Hall–Kier alpha value is -1.88. The molecule has 0 fully saturated rings. The number of aromatic nitrogens is 3. The number of carboxylic acids is 1. The number of nitrogens with zero attached hydrogens (tertiary/aromatic N) is 3. The lowest BCUT2D eigenvalue weighted by Crippen LogP contribution is -2.04. The standard InChI is InChI=1S/C11H10ClN3O2/c1-6-5-8(12)3-4-9(6)15-7(2)10(11(16)17)13-14-15/h3-5H,1-2H3,(H,16,17). The van der Waals surface area contributed by atoms with Crippen LogP contribution in [0.2, 0.25) is 5.02 Å². The first-order valence-electron chi connectivity index (χ1n) is 4.93. The van der Waals surface area contributed by atoms with Crippen LogP contribution >= 0.6 is 11.6 Å². The van der Waals surface area contributed by atoms with Gasteiger partial charge in [-0.15, -0.1) is 5.10 Å². The van der Waals surface area contributed by atoms with Gasteiger partial charge in [0.2, 0.25) is 0 Å².